The Morgan fingerprint density at radius 2 is 2.18 bits per heavy atom. The van der Waals surface area contributed by atoms with Crippen LogP contribution in [0.3, 0.4) is 0 Å². The number of carbonyl (C=O) groups excluding carboxylic acids is 1. The third-order valence-corrected chi connectivity index (χ3v) is 4.87. The van der Waals surface area contributed by atoms with Gasteiger partial charge in [0.05, 0.1) is 0 Å². The van der Waals surface area contributed by atoms with E-state index < -0.39 is 0 Å². The van der Waals surface area contributed by atoms with Crippen LogP contribution in [0.2, 0.25) is 0 Å². The molecule has 0 saturated carbocycles. The maximum Gasteiger partial charge on any atom is 0.261 e. The summed E-state index contributed by atoms with van der Waals surface area (Å²) in [5.41, 5.74) is 2.28. The number of hydrogen-bond acceptors (Lipinski definition) is 3. The van der Waals surface area contributed by atoms with Crippen LogP contribution in [0.25, 0.3) is 0 Å². The van der Waals surface area contributed by atoms with Gasteiger partial charge in [0, 0.05) is 18.8 Å². The number of nitrogens with one attached hydrogen (secondary N) is 2. The number of carbonyl (C=O) groups is 1. The standard InChI is InChI=1S/C17H25N3O2/c1-18-10-12-5-4-8-20(11-12)17(22)14-9-13-6-2-3-7-15(13)19-16(14)21/h9,12,18H,2-8,10-11H2,1H3,(H,19,21). The Hall–Kier alpha value is -1.62. The number of nitrogens with zero attached hydrogens (tertiary/aromatic N) is 1. The number of pyridine rings is 1. The summed E-state index contributed by atoms with van der Waals surface area (Å²) in [7, 11) is 1.94. The van der Waals surface area contributed by atoms with Gasteiger partial charge in [0.1, 0.15) is 5.56 Å². The van der Waals surface area contributed by atoms with Gasteiger partial charge in [-0.3, -0.25) is 9.59 Å². The number of hydrogen-bond donors (Lipinski definition) is 2. The van der Waals surface area contributed by atoms with Gasteiger partial charge in [-0.1, -0.05) is 0 Å². The van der Waals surface area contributed by atoms with Crippen molar-refractivity contribution in [3.8, 4) is 0 Å². The zero-order chi connectivity index (χ0) is 15.5. The van der Waals surface area contributed by atoms with Crippen LogP contribution in [-0.2, 0) is 12.8 Å². The first-order valence-corrected chi connectivity index (χ1v) is 8.38. The molecule has 1 aromatic heterocycles. The molecule has 1 atom stereocenters. The van der Waals surface area contributed by atoms with Crippen molar-refractivity contribution in [3.63, 3.8) is 0 Å². The van der Waals surface area contributed by atoms with E-state index in [1.807, 2.05) is 18.0 Å². The zero-order valence-electron chi connectivity index (χ0n) is 13.3. The quantitative estimate of drug-likeness (QED) is 0.885. The number of piperidine rings is 1. The molecule has 3 rings (SSSR count). The second kappa shape index (κ2) is 6.65. The minimum Gasteiger partial charge on any atom is -0.338 e. The normalized spacial score (nSPS) is 21.5. The fourth-order valence-electron chi connectivity index (χ4n) is 3.71. The van der Waals surface area contributed by atoms with E-state index in [-0.39, 0.29) is 11.5 Å². The van der Waals surface area contributed by atoms with Crippen molar-refractivity contribution >= 4 is 5.91 Å². The summed E-state index contributed by atoms with van der Waals surface area (Å²) in [5.74, 6) is 0.384. The Morgan fingerprint density at radius 1 is 1.36 bits per heavy atom. The van der Waals surface area contributed by atoms with Gasteiger partial charge < -0.3 is 15.2 Å². The molecule has 1 aliphatic heterocycles. The van der Waals surface area contributed by atoms with E-state index in [0.717, 1.165) is 69.4 Å². The summed E-state index contributed by atoms with van der Waals surface area (Å²) in [5, 5.41) is 3.18. The van der Waals surface area contributed by atoms with Crippen molar-refractivity contribution in [2.24, 2.45) is 5.92 Å². The number of fused-ring (bicyclic) bond motifs is 1. The summed E-state index contributed by atoms with van der Waals surface area (Å²) >= 11 is 0. The lowest BCUT2D eigenvalue weighted by Crippen LogP contribution is -2.44. The molecule has 2 aliphatic rings. The topological polar surface area (TPSA) is 65.2 Å². The average Bonchev–Trinajstić information content (AvgIpc) is 2.54. The molecular weight excluding hydrogens is 278 g/mol. The minimum atomic E-state index is -0.221. The van der Waals surface area contributed by atoms with Crippen LogP contribution in [0.4, 0.5) is 0 Å². The lowest BCUT2D eigenvalue weighted by Gasteiger charge is -2.32. The van der Waals surface area contributed by atoms with Crippen LogP contribution < -0.4 is 10.9 Å². The first kappa shape index (κ1) is 15.3. The molecule has 2 heterocycles. The third-order valence-electron chi connectivity index (χ3n) is 4.87. The summed E-state index contributed by atoms with van der Waals surface area (Å²) in [6.45, 7) is 2.43. The fraction of sp³-hybridized carbons (Fsp3) is 0.647. The second-order valence-electron chi connectivity index (χ2n) is 6.54. The number of amides is 1. The number of aromatic nitrogens is 1. The molecule has 5 heteroatoms. The molecule has 1 amide bonds. The predicted octanol–water partition coefficient (Wildman–Crippen LogP) is 1.33. The fourth-order valence-corrected chi connectivity index (χ4v) is 3.71. The molecule has 1 unspecified atom stereocenters. The van der Waals surface area contributed by atoms with Crippen LogP contribution in [0, 0.1) is 5.92 Å². The number of aromatic amines is 1. The van der Waals surface area contributed by atoms with E-state index >= 15 is 0 Å². The molecule has 0 aromatic carbocycles. The van der Waals surface area contributed by atoms with Gasteiger partial charge in [0.2, 0.25) is 0 Å². The van der Waals surface area contributed by atoms with Crippen molar-refractivity contribution < 1.29 is 4.79 Å². The van der Waals surface area contributed by atoms with Crippen molar-refractivity contribution in [2.45, 2.75) is 38.5 Å². The predicted molar refractivity (Wildman–Crippen MR) is 86.3 cm³/mol. The first-order valence-electron chi connectivity index (χ1n) is 8.38. The SMILES string of the molecule is CNCC1CCCN(C(=O)c2cc3c([nH]c2=O)CCCC3)C1. The summed E-state index contributed by atoms with van der Waals surface area (Å²) in [6.07, 6.45) is 6.31. The van der Waals surface area contributed by atoms with E-state index in [0.29, 0.717) is 11.5 Å². The maximum atomic E-state index is 12.7. The molecule has 2 N–H and O–H groups in total. The van der Waals surface area contributed by atoms with E-state index in [4.69, 9.17) is 0 Å². The van der Waals surface area contributed by atoms with Crippen molar-refractivity contribution in [3.05, 3.63) is 33.2 Å². The van der Waals surface area contributed by atoms with Gasteiger partial charge in [-0.2, -0.15) is 0 Å². The van der Waals surface area contributed by atoms with E-state index in [1.165, 1.54) is 0 Å². The van der Waals surface area contributed by atoms with E-state index in [9.17, 15) is 9.59 Å². The first-order chi connectivity index (χ1) is 10.7. The molecule has 1 aromatic rings. The van der Waals surface area contributed by atoms with Gasteiger partial charge in [-0.05, 0) is 69.7 Å². The number of aryl methyl sites for hydroxylation is 2. The van der Waals surface area contributed by atoms with Gasteiger partial charge in [0.15, 0.2) is 0 Å². The molecule has 1 fully saturated rings. The molecule has 0 spiro atoms. The average molecular weight is 303 g/mol. The van der Waals surface area contributed by atoms with E-state index in [1.54, 1.807) is 0 Å². The third kappa shape index (κ3) is 3.09. The van der Waals surface area contributed by atoms with Crippen molar-refractivity contribution in [2.75, 3.05) is 26.7 Å². The van der Waals surface area contributed by atoms with E-state index in [2.05, 4.69) is 10.3 Å². The highest BCUT2D eigenvalue weighted by molar-refractivity contribution is 5.94. The van der Waals surface area contributed by atoms with Gasteiger partial charge >= 0.3 is 0 Å². The molecule has 1 saturated heterocycles. The largest absolute Gasteiger partial charge is 0.338 e. The molecule has 5 nitrogen and oxygen atoms in total. The second-order valence-corrected chi connectivity index (χ2v) is 6.54. The molecule has 0 bridgehead atoms. The molecule has 120 valence electrons. The number of H-pyrrole nitrogens is 1. The molecule has 22 heavy (non-hydrogen) atoms. The van der Waals surface area contributed by atoms with Gasteiger partial charge in [-0.25, -0.2) is 0 Å². The zero-order valence-corrected chi connectivity index (χ0v) is 13.3. The van der Waals surface area contributed by atoms with Crippen LogP contribution in [0.5, 0.6) is 0 Å². The Balaban J connectivity index is 1.81. The molecular formula is C17H25N3O2. The van der Waals surface area contributed by atoms with Gasteiger partial charge in [-0.15, -0.1) is 0 Å². The summed E-state index contributed by atoms with van der Waals surface area (Å²) in [6, 6.07) is 1.84. The highest BCUT2D eigenvalue weighted by Gasteiger charge is 2.26. The molecule has 1 aliphatic carbocycles. The van der Waals surface area contributed by atoms with Crippen molar-refractivity contribution in [1.82, 2.24) is 15.2 Å². The Labute approximate surface area is 131 Å². The number of likely N-dealkylation sites (tertiary alicyclic amines) is 1. The molecule has 0 radical (unpaired) electrons. The number of rotatable bonds is 3. The highest BCUT2D eigenvalue weighted by atomic mass is 16.2. The van der Waals surface area contributed by atoms with Crippen LogP contribution in [0.1, 0.15) is 47.3 Å². The smallest absolute Gasteiger partial charge is 0.261 e. The maximum absolute atomic E-state index is 12.7. The highest BCUT2D eigenvalue weighted by Crippen LogP contribution is 2.21. The Bertz CT molecular complexity index is 606. The minimum absolute atomic E-state index is 0.101. The monoisotopic (exact) mass is 303 g/mol. The lowest BCUT2D eigenvalue weighted by atomic mass is 9.94. The van der Waals surface area contributed by atoms with Crippen LogP contribution in [-0.4, -0.2) is 42.5 Å². The Kier molecular flexibility index (Phi) is 4.62. The lowest BCUT2D eigenvalue weighted by molar-refractivity contribution is 0.0672. The Morgan fingerprint density at radius 3 is 3.00 bits per heavy atom. The summed E-state index contributed by atoms with van der Waals surface area (Å²) in [4.78, 5) is 29.8. The van der Waals surface area contributed by atoms with Gasteiger partial charge in [0.25, 0.3) is 11.5 Å². The van der Waals surface area contributed by atoms with Crippen LogP contribution in [0.15, 0.2) is 10.9 Å². The van der Waals surface area contributed by atoms with Crippen LogP contribution >= 0.6 is 0 Å². The van der Waals surface area contributed by atoms with Crippen molar-refractivity contribution in [1.29, 1.82) is 0 Å². The summed E-state index contributed by atoms with van der Waals surface area (Å²) < 4.78 is 0.